The highest BCUT2D eigenvalue weighted by Gasteiger charge is 2.27. The van der Waals surface area contributed by atoms with Crippen LogP contribution in [-0.2, 0) is 14.3 Å². The fourth-order valence-electron chi connectivity index (χ4n) is 2.48. The first-order chi connectivity index (χ1) is 13.4. The van der Waals surface area contributed by atoms with E-state index >= 15 is 0 Å². The summed E-state index contributed by atoms with van der Waals surface area (Å²) in [5, 5.41) is 6.04. The van der Waals surface area contributed by atoms with E-state index < -0.39 is 11.9 Å². The number of carbonyl (C=O) groups excluding carboxylic acids is 3. The number of esters is 2. The van der Waals surface area contributed by atoms with Gasteiger partial charge >= 0.3 is 11.9 Å². The molecule has 1 aromatic heterocycles. The summed E-state index contributed by atoms with van der Waals surface area (Å²) in [7, 11) is 1.26. The molecule has 0 bridgehead atoms. The first-order valence-electron chi connectivity index (χ1n) is 8.48. The second kappa shape index (κ2) is 10.1. The third kappa shape index (κ3) is 5.05. The van der Waals surface area contributed by atoms with Gasteiger partial charge in [0.25, 0.3) is 0 Å². The Morgan fingerprint density at radius 1 is 1.18 bits per heavy atom. The average molecular weight is 423 g/mol. The number of hydrogen-bond acceptors (Lipinski definition) is 8. The van der Waals surface area contributed by atoms with Crippen LogP contribution in [0.25, 0.3) is 0 Å². The van der Waals surface area contributed by atoms with Crippen LogP contribution in [0.2, 0.25) is 0 Å². The molecule has 0 aliphatic carbocycles. The molecular weight excluding hydrogens is 400 g/mol. The number of methoxy groups -OCH3 is 1. The van der Waals surface area contributed by atoms with E-state index in [0.29, 0.717) is 5.56 Å². The van der Waals surface area contributed by atoms with E-state index in [-0.39, 0.29) is 34.5 Å². The lowest BCUT2D eigenvalue weighted by Gasteiger charge is -2.11. The first kappa shape index (κ1) is 21.8. The van der Waals surface area contributed by atoms with Gasteiger partial charge in [0.05, 0.1) is 25.8 Å². The van der Waals surface area contributed by atoms with Gasteiger partial charge in [-0.15, -0.1) is 23.1 Å². The number of nitrogens with one attached hydrogen (secondary N) is 2. The SMILES string of the molecule is CCOC(=O)c1c(NC(=O)CNc2ccccc2SC)sc(C(=O)OC)c1C. The lowest BCUT2D eigenvalue weighted by molar-refractivity contribution is -0.114. The highest BCUT2D eigenvalue weighted by atomic mass is 32.2. The zero-order valence-electron chi connectivity index (χ0n) is 16.1. The van der Waals surface area contributed by atoms with Crippen LogP contribution in [0.3, 0.4) is 0 Å². The Hall–Kier alpha value is -2.52. The van der Waals surface area contributed by atoms with E-state index in [1.54, 1.807) is 25.6 Å². The van der Waals surface area contributed by atoms with Gasteiger partial charge in [0.15, 0.2) is 0 Å². The summed E-state index contributed by atoms with van der Waals surface area (Å²) in [5.41, 5.74) is 1.43. The van der Waals surface area contributed by atoms with Crippen LogP contribution in [0.1, 0.15) is 32.5 Å². The minimum Gasteiger partial charge on any atom is -0.465 e. The van der Waals surface area contributed by atoms with Crippen molar-refractivity contribution in [2.24, 2.45) is 0 Å². The number of hydrogen-bond donors (Lipinski definition) is 2. The highest BCUT2D eigenvalue weighted by molar-refractivity contribution is 7.98. The lowest BCUT2D eigenvalue weighted by Crippen LogP contribution is -2.22. The Morgan fingerprint density at radius 3 is 2.54 bits per heavy atom. The molecule has 0 aliphatic heterocycles. The Bertz CT molecular complexity index is 879. The molecule has 1 amide bonds. The predicted octanol–water partition coefficient (Wildman–Crippen LogP) is 3.79. The summed E-state index contributed by atoms with van der Waals surface area (Å²) in [6.45, 7) is 3.50. The van der Waals surface area contributed by atoms with Crippen LogP contribution in [0.5, 0.6) is 0 Å². The molecule has 1 aromatic carbocycles. The first-order valence-corrected chi connectivity index (χ1v) is 10.5. The quantitative estimate of drug-likeness (QED) is 0.494. The lowest BCUT2D eigenvalue weighted by atomic mass is 10.1. The van der Waals surface area contributed by atoms with Gasteiger partial charge in [-0.1, -0.05) is 12.1 Å². The third-order valence-electron chi connectivity index (χ3n) is 3.80. The minimum atomic E-state index is -0.595. The highest BCUT2D eigenvalue weighted by Crippen LogP contribution is 2.34. The Balaban J connectivity index is 2.20. The van der Waals surface area contributed by atoms with Crippen molar-refractivity contribution in [3.63, 3.8) is 0 Å². The molecule has 9 heteroatoms. The summed E-state index contributed by atoms with van der Waals surface area (Å²) < 4.78 is 9.82. The van der Waals surface area contributed by atoms with Gasteiger partial charge in [-0.05, 0) is 37.8 Å². The van der Waals surface area contributed by atoms with E-state index in [0.717, 1.165) is 21.9 Å². The van der Waals surface area contributed by atoms with E-state index in [1.807, 2.05) is 30.5 Å². The smallest absolute Gasteiger partial charge is 0.348 e. The van der Waals surface area contributed by atoms with Crippen molar-refractivity contribution >= 4 is 51.6 Å². The second-order valence-corrected chi connectivity index (χ2v) is 7.44. The standard InChI is InChI=1S/C19H22N2O5S2/c1-5-26-18(23)15-11(2)16(19(24)25-3)28-17(15)21-14(22)10-20-12-8-6-7-9-13(12)27-4/h6-9,20H,5,10H2,1-4H3,(H,21,22). The van der Waals surface area contributed by atoms with E-state index in [4.69, 9.17) is 9.47 Å². The molecule has 28 heavy (non-hydrogen) atoms. The van der Waals surface area contributed by atoms with Gasteiger partial charge < -0.3 is 20.1 Å². The van der Waals surface area contributed by atoms with E-state index in [2.05, 4.69) is 10.6 Å². The Kier molecular flexibility index (Phi) is 7.89. The topological polar surface area (TPSA) is 93.7 Å². The molecule has 0 spiro atoms. The number of benzene rings is 1. The number of thiophene rings is 1. The molecular formula is C19H22N2O5S2. The van der Waals surface area contributed by atoms with Crippen LogP contribution >= 0.6 is 23.1 Å². The summed E-state index contributed by atoms with van der Waals surface area (Å²) in [4.78, 5) is 38.0. The molecule has 2 aromatic rings. The average Bonchev–Trinajstić information content (AvgIpc) is 3.01. The Labute approximate surface area is 171 Å². The molecule has 150 valence electrons. The van der Waals surface area contributed by atoms with Crippen LogP contribution in [0.4, 0.5) is 10.7 Å². The maximum Gasteiger partial charge on any atom is 0.348 e. The van der Waals surface area contributed by atoms with Gasteiger partial charge in [-0.3, -0.25) is 4.79 Å². The number of carbonyl (C=O) groups is 3. The monoisotopic (exact) mass is 422 g/mol. The summed E-state index contributed by atoms with van der Waals surface area (Å²) in [5.74, 6) is -1.51. The zero-order valence-corrected chi connectivity index (χ0v) is 17.7. The number of anilines is 2. The van der Waals surface area contributed by atoms with Gasteiger partial charge in [-0.2, -0.15) is 0 Å². The summed E-state index contributed by atoms with van der Waals surface area (Å²) >= 11 is 2.56. The molecule has 1 heterocycles. The fraction of sp³-hybridized carbons (Fsp3) is 0.316. The largest absolute Gasteiger partial charge is 0.465 e. The van der Waals surface area contributed by atoms with E-state index in [1.165, 1.54) is 7.11 Å². The zero-order chi connectivity index (χ0) is 20.7. The normalized spacial score (nSPS) is 10.3. The number of rotatable bonds is 8. The number of thioether (sulfide) groups is 1. The molecule has 7 nitrogen and oxygen atoms in total. The van der Waals surface area contributed by atoms with Gasteiger partial charge in [0.2, 0.25) is 5.91 Å². The van der Waals surface area contributed by atoms with Crippen LogP contribution in [0.15, 0.2) is 29.2 Å². The third-order valence-corrected chi connectivity index (χ3v) is 5.78. The molecule has 2 rings (SSSR count). The molecule has 2 N–H and O–H groups in total. The number of para-hydroxylation sites is 1. The summed E-state index contributed by atoms with van der Waals surface area (Å²) in [6, 6.07) is 7.64. The van der Waals surface area contributed by atoms with Crippen LogP contribution < -0.4 is 10.6 Å². The van der Waals surface area contributed by atoms with Crippen molar-refractivity contribution in [2.45, 2.75) is 18.7 Å². The molecule has 0 radical (unpaired) electrons. The molecule has 0 atom stereocenters. The predicted molar refractivity (Wildman–Crippen MR) is 112 cm³/mol. The fourth-order valence-corrected chi connectivity index (χ4v) is 4.18. The Morgan fingerprint density at radius 2 is 1.89 bits per heavy atom. The van der Waals surface area contributed by atoms with Crippen molar-refractivity contribution in [1.82, 2.24) is 0 Å². The molecule has 0 saturated heterocycles. The molecule has 0 aliphatic rings. The minimum absolute atomic E-state index is 0.00431. The maximum absolute atomic E-state index is 12.4. The van der Waals surface area contributed by atoms with Crippen molar-refractivity contribution in [3.05, 3.63) is 40.3 Å². The van der Waals surface area contributed by atoms with Crippen LogP contribution in [-0.4, -0.2) is 44.4 Å². The van der Waals surface area contributed by atoms with Gasteiger partial charge in [-0.25, -0.2) is 9.59 Å². The molecule has 0 fully saturated rings. The maximum atomic E-state index is 12.4. The van der Waals surface area contributed by atoms with E-state index in [9.17, 15) is 14.4 Å². The van der Waals surface area contributed by atoms with Crippen molar-refractivity contribution in [2.75, 3.05) is 37.2 Å². The second-order valence-electron chi connectivity index (χ2n) is 5.57. The van der Waals surface area contributed by atoms with Gasteiger partial charge in [0, 0.05) is 10.6 Å². The number of amides is 1. The molecule has 0 saturated carbocycles. The van der Waals surface area contributed by atoms with Crippen molar-refractivity contribution in [1.29, 1.82) is 0 Å². The van der Waals surface area contributed by atoms with Crippen LogP contribution in [0, 0.1) is 6.92 Å². The molecule has 0 unspecified atom stereocenters. The summed E-state index contributed by atoms with van der Waals surface area (Å²) in [6.07, 6.45) is 1.95. The van der Waals surface area contributed by atoms with Crippen molar-refractivity contribution < 1.29 is 23.9 Å². The number of ether oxygens (including phenoxy) is 2. The van der Waals surface area contributed by atoms with Crippen molar-refractivity contribution in [3.8, 4) is 0 Å². The van der Waals surface area contributed by atoms with Gasteiger partial charge in [0.1, 0.15) is 9.88 Å².